The molecule has 0 aliphatic carbocycles. The van der Waals surface area contributed by atoms with Crippen molar-refractivity contribution in [3.8, 4) is 11.5 Å². The second-order valence-corrected chi connectivity index (χ2v) is 8.56. The van der Waals surface area contributed by atoms with Crippen LogP contribution < -0.4 is 10.6 Å². The van der Waals surface area contributed by atoms with E-state index in [1.165, 1.54) is 0 Å². The Morgan fingerprint density at radius 2 is 1.09 bits per heavy atom. The lowest BCUT2D eigenvalue weighted by atomic mass is 9.90. The van der Waals surface area contributed by atoms with Crippen molar-refractivity contribution in [2.45, 2.75) is 12.8 Å². The minimum absolute atomic E-state index is 0.0842. The van der Waals surface area contributed by atoms with E-state index in [1.807, 2.05) is 48.5 Å². The predicted octanol–water partition coefficient (Wildman–Crippen LogP) is 4.22. The average molecular weight is 453 g/mol. The Balaban J connectivity index is 1.68. The molecule has 0 saturated carbocycles. The molecule has 6 nitrogen and oxygen atoms in total. The fourth-order valence-electron chi connectivity index (χ4n) is 4.63. The molecule has 2 amide bonds. The third-order valence-corrected chi connectivity index (χ3v) is 6.29. The minimum Gasteiger partial charge on any atom is -0.507 e. The van der Waals surface area contributed by atoms with E-state index >= 15 is 0 Å². The van der Waals surface area contributed by atoms with Crippen LogP contribution in [-0.4, -0.2) is 35.1 Å². The first-order valence-electron chi connectivity index (χ1n) is 11.1. The summed E-state index contributed by atoms with van der Waals surface area (Å²) >= 11 is 0. The van der Waals surface area contributed by atoms with Gasteiger partial charge in [0, 0.05) is 24.2 Å². The number of carbonyl (C=O) groups excluding carboxylic acids is 2. The summed E-state index contributed by atoms with van der Waals surface area (Å²) in [6.45, 7) is 4.55. The summed E-state index contributed by atoms with van der Waals surface area (Å²) in [5, 5.41) is 31.0. The molecule has 6 heteroatoms. The van der Waals surface area contributed by atoms with Crippen molar-refractivity contribution in [3.05, 3.63) is 95.1 Å². The SMILES string of the molecule is C=C1Cc2c(O)c(cc3ccccc23)C(=O)NCCNC(=O)c2cc3ccccc3c(c2O)C1. The van der Waals surface area contributed by atoms with Crippen LogP contribution in [0, 0.1) is 0 Å². The zero-order chi connectivity index (χ0) is 23.8. The molecule has 0 aromatic heterocycles. The van der Waals surface area contributed by atoms with E-state index in [0.717, 1.165) is 27.1 Å². The van der Waals surface area contributed by atoms with Gasteiger partial charge in [0.2, 0.25) is 0 Å². The number of carbonyl (C=O) groups is 2. The Morgan fingerprint density at radius 1 is 0.676 bits per heavy atom. The topological polar surface area (TPSA) is 98.7 Å². The lowest BCUT2D eigenvalue weighted by Gasteiger charge is -2.16. The molecule has 4 aromatic carbocycles. The number of fused-ring (bicyclic) bond motifs is 8. The van der Waals surface area contributed by atoms with Crippen LogP contribution in [-0.2, 0) is 12.8 Å². The first kappa shape index (κ1) is 21.5. The van der Waals surface area contributed by atoms with Crippen LogP contribution in [0.25, 0.3) is 21.5 Å². The molecule has 5 rings (SSSR count). The van der Waals surface area contributed by atoms with Crippen molar-refractivity contribution in [1.82, 2.24) is 10.6 Å². The van der Waals surface area contributed by atoms with Gasteiger partial charge in [-0.25, -0.2) is 0 Å². The Kier molecular flexibility index (Phi) is 5.42. The summed E-state index contributed by atoms with van der Waals surface area (Å²) in [5.41, 5.74) is 2.30. The number of hydrogen-bond donors (Lipinski definition) is 4. The number of phenols is 2. The fourth-order valence-corrected chi connectivity index (χ4v) is 4.63. The monoisotopic (exact) mass is 452 g/mol. The summed E-state index contributed by atoms with van der Waals surface area (Å²) in [7, 11) is 0. The van der Waals surface area contributed by atoms with Crippen LogP contribution in [0.4, 0.5) is 0 Å². The number of allylic oxidation sites excluding steroid dienone is 1. The Bertz CT molecular complexity index is 1380. The zero-order valence-electron chi connectivity index (χ0n) is 18.5. The quantitative estimate of drug-likeness (QED) is 0.300. The lowest BCUT2D eigenvalue weighted by molar-refractivity contribution is 0.0924. The van der Waals surface area contributed by atoms with Crippen molar-refractivity contribution in [3.63, 3.8) is 0 Å². The molecule has 0 unspecified atom stereocenters. The van der Waals surface area contributed by atoms with E-state index in [9.17, 15) is 19.8 Å². The zero-order valence-corrected chi connectivity index (χ0v) is 18.5. The highest BCUT2D eigenvalue weighted by Gasteiger charge is 2.22. The molecule has 0 radical (unpaired) electrons. The first-order valence-corrected chi connectivity index (χ1v) is 11.1. The van der Waals surface area contributed by atoms with Crippen molar-refractivity contribution in [1.29, 1.82) is 0 Å². The van der Waals surface area contributed by atoms with Gasteiger partial charge in [-0.1, -0.05) is 60.7 Å². The normalized spacial score (nSPS) is 14.9. The van der Waals surface area contributed by atoms with Crippen LogP contribution in [0.3, 0.4) is 0 Å². The molecule has 34 heavy (non-hydrogen) atoms. The Hall–Kier alpha value is -4.32. The predicted molar refractivity (Wildman–Crippen MR) is 132 cm³/mol. The molecular weight excluding hydrogens is 428 g/mol. The minimum atomic E-state index is -0.423. The standard InChI is InChI=1S/C28H24N2O4/c1-16-12-21-19-8-4-2-6-17(19)14-23(25(21)31)27(33)29-10-11-30-28(34)24-15-18-7-3-5-9-20(18)22(13-16)26(24)32/h2-9,14-15,31-32H,1,10-13H2,(H,29,33)(H,30,34). The summed E-state index contributed by atoms with van der Waals surface area (Å²) in [4.78, 5) is 25.7. The number of aromatic hydroxyl groups is 2. The van der Waals surface area contributed by atoms with Crippen molar-refractivity contribution in [2.75, 3.05) is 13.1 Å². The number of benzene rings is 4. The molecule has 1 heterocycles. The molecule has 0 saturated heterocycles. The van der Waals surface area contributed by atoms with Gasteiger partial charge in [0.1, 0.15) is 11.5 Å². The maximum Gasteiger partial charge on any atom is 0.255 e. The van der Waals surface area contributed by atoms with Gasteiger partial charge >= 0.3 is 0 Å². The highest BCUT2D eigenvalue weighted by Crippen LogP contribution is 2.36. The van der Waals surface area contributed by atoms with Crippen LogP contribution in [0.15, 0.2) is 72.8 Å². The van der Waals surface area contributed by atoms with Crippen LogP contribution in [0.2, 0.25) is 0 Å². The second kappa shape index (κ2) is 8.56. The van der Waals surface area contributed by atoms with Gasteiger partial charge in [-0.2, -0.15) is 0 Å². The number of hydrogen-bond acceptors (Lipinski definition) is 4. The highest BCUT2D eigenvalue weighted by atomic mass is 16.3. The van der Waals surface area contributed by atoms with Gasteiger partial charge in [-0.05, 0) is 46.5 Å². The number of amides is 2. The molecule has 4 bridgehead atoms. The van der Waals surface area contributed by atoms with Gasteiger partial charge in [-0.15, -0.1) is 0 Å². The van der Waals surface area contributed by atoms with E-state index in [-0.39, 0.29) is 35.7 Å². The Morgan fingerprint density at radius 3 is 1.53 bits per heavy atom. The largest absolute Gasteiger partial charge is 0.507 e. The third kappa shape index (κ3) is 3.73. The lowest BCUT2D eigenvalue weighted by Crippen LogP contribution is -2.34. The molecule has 4 N–H and O–H groups in total. The van der Waals surface area contributed by atoms with E-state index in [2.05, 4.69) is 17.2 Å². The van der Waals surface area contributed by atoms with Gasteiger partial charge in [-0.3, -0.25) is 9.59 Å². The molecule has 0 atom stereocenters. The maximum atomic E-state index is 12.9. The maximum absolute atomic E-state index is 12.9. The second-order valence-electron chi connectivity index (χ2n) is 8.56. The molecule has 1 aliphatic heterocycles. The van der Waals surface area contributed by atoms with E-state index in [4.69, 9.17) is 0 Å². The van der Waals surface area contributed by atoms with Crippen molar-refractivity contribution in [2.24, 2.45) is 0 Å². The number of nitrogens with one attached hydrogen (secondary N) is 2. The molecule has 170 valence electrons. The average Bonchev–Trinajstić information content (AvgIpc) is 2.84. The van der Waals surface area contributed by atoms with Gasteiger partial charge in [0.25, 0.3) is 11.8 Å². The third-order valence-electron chi connectivity index (χ3n) is 6.29. The smallest absolute Gasteiger partial charge is 0.255 e. The van der Waals surface area contributed by atoms with Crippen molar-refractivity contribution >= 4 is 33.4 Å². The fraction of sp³-hybridized carbons (Fsp3) is 0.143. The molecule has 0 fully saturated rings. The van der Waals surface area contributed by atoms with Crippen LogP contribution >= 0.6 is 0 Å². The van der Waals surface area contributed by atoms with Gasteiger partial charge in [0.05, 0.1) is 11.1 Å². The Labute approximate surface area is 196 Å². The number of phenolic OH excluding ortho intramolecular Hbond substituents is 2. The summed E-state index contributed by atoms with van der Waals surface area (Å²) in [6.07, 6.45) is 0.606. The van der Waals surface area contributed by atoms with Crippen molar-refractivity contribution < 1.29 is 19.8 Å². The molecule has 1 aliphatic rings. The number of rotatable bonds is 0. The summed E-state index contributed by atoms with van der Waals surface area (Å²) in [5.74, 6) is -1.01. The molecule has 0 spiro atoms. The summed E-state index contributed by atoms with van der Waals surface area (Å²) < 4.78 is 0. The molecular formula is C28H24N2O4. The van der Waals surface area contributed by atoms with Crippen LogP contribution in [0.1, 0.15) is 31.8 Å². The van der Waals surface area contributed by atoms with Gasteiger partial charge < -0.3 is 20.8 Å². The summed E-state index contributed by atoms with van der Waals surface area (Å²) in [6, 6.07) is 18.5. The van der Waals surface area contributed by atoms with Gasteiger partial charge in [0.15, 0.2) is 0 Å². The van der Waals surface area contributed by atoms with E-state index < -0.39 is 11.8 Å². The van der Waals surface area contributed by atoms with Crippen LogP contribution in [0.5, 0.6) is 11.5 Å². The van der Waals surface area contributed by atoms with E-state index in [0.29, 0.717) is 24.0 Å². The molecule has 4 aromatic rings. The first-order chi connectivity index (χ1) is 16.4. The highest BCUT2D eigenvalue weighted by molar-refractivity contribution is 6.04. The van der Waals surface area contributed by atoms with E-state index in [1.54, 1.807) is 12.1 Å².